The maximum absolute atomic E-state index is 14.2. The second-order valence-electron chi connectivity index (χ2n) is 4.68. The van der Waals surface area contributed by atoms with Gasteiger partial charge in [0.1, 0.15) is 11.6 Å². The molecular weight excluding hydrogens is 236 g/mol. The summed E-state index contributed by atoms with van der Waals surface area (Å²) in [6.07, 6.45) is 0.641. The Morgan fingerprint density at radius 1 is 1.39 bits per heavy atom. The summed E-state index contributed by atoms with van der Waals surface area (Å²) < 4.78 is 33.6. The van der Waals surface area contributed by atoms with Crippen LogP contribution in [0.4, 0.5) is 8.78 Å². The van der Waals surface area contributed by atoms with Gasteiger partial charge in [0.05, 0.1) is 11.6 Å². The third-order valence-electron chi connectivity index (χ3n) is 3.68. The van der Waals surface area contributed by atoms with Gasteiger partial charge in [-0.2, -0.15) is 0 Å². The number of aryl methyl sites for hydroxylation is 1. The van der Waals surface area contributed by atoms with Crippen LogP contribution in [0.3, 0.4) is 0 Å². The lowest BCUT2D eigenvalue weighted by Crippen LogP contribution is -2.42. The van der Waals surface area contributed by atoms with Gasteiger partial charge in [0, 0.05) is 12.7 Å². The molecule has 0 heterocycles. The molecule has 0 aliphatic carbocycles. The second-order valence-corrected chi connectivity index (χ2v) is 4.68. The number of nitrogens with one attached hydrogen (secondary N) is 1. The normalized spacial score (nSPS) is 16.4. The molecule has 2 unspecified atom stereocenters. The van der Waals surface area contributed by atoms with Crippen LogP contribution in [0.2, 0.25) is 0 Å². The number of hydrogen-bond acceptors (Lipinski definition) is 2. The lowest BCUT2D eigenvalue weighted by atomic mass is 9.86. The molecule has 0 radical (unpaired) electrons. The van der Waals surface area contributed by atoms with E-state index in [1.54, 1.807) is 21.1 Å². The fourth-order valence-electron chi connectivity index (χ4n) is 2.16. The number of hydrogen-bond donors (Lipinski definition) is 1. The third kappa shape index (κ3) is 2.54. The maximum atomic E-state index is 14.2. The quantitative estimate of drug-likeness (QED) is 0.873. The van der Waals surface area contributed by atoms with Crippen LogP contribution in [-0.4, -0.2) is 19.8 Å². The van der Waals surface area contributed by atoms with Crippen molar-refractivity contribution in [2.24, 2.45) is 0 Å². The molecule has 0 aliphatic rings. The lowest BCUT2D eigenvalue weighted by molar-refractivity contribution is -0.0298. The molecule has 4 heteroatoms. The topological polar surface area (TPSA) is 21.3 Å². The summed E-state index contributed by atoms with van der Waals surface area (Å²) in [5.41, 5.74) is -0.186. The Kier molecular flexibility index (Phi) is 4.82. The predicted octanol–water partition coefficient (Wildman–Crippen LogP) is 3.35. The van der Waals surface area contributed by atoms with Crippen molar-refractivity contribution in [3.63, 3.8) is 0 Å². The highest BCUT2D eigenvalue weighted by atomic mass is 19.1. The van der Waals surface area contributed by atoms with E-state index in [1.165, 1.54) is 12.1 Å². The summed E-state index contributed by atoms with van der Waals surface area (Å²) in [6.45, 7) is 5.40. The predicted molar refractivity (Wildman–Crippen MR) is 68.6 cm³/mol. The Labute approximate surface area is 107 Å². The van der Waals surface area contributed by atoms with Crippen molar-refractivity contribution in [1.82, 2.24) is 5.32 Å². The summed E-state index contributed by atoms with van der Waals surface area (Å²) in [6, 6.07) is 2.20. The summed E-state index contributed by atoms with van der Waals surface area (Å²) in [4.78, 5) is 0. The van der Waals surface area contributed by atoms with Gasteiger partial charge in [-0.1, -0.05) is 13.0 Å². The molecule has 0 fully saturated rings. The number of ether oxygens (including phenoxy) is 1. The van der Waals surface area contributed by atoms with Crippen LogP contribution in [0.5, 0.6) is 0 Å². The van der Waals surface area contributed by atoms with Gasteiger partial charge in [0.25, 0.3) is 0 Å². The molecule has 0 saturated carbocycles. The van der Waals surface area contributed by atoms with E-state index in [2.05, 4.69) is 5.32 Å². The van der Waals surface area contributed by atoms with Gasteiger partial charge in [-0.25, -0.2) is 8.78 Å². The Morgan fingerprint density at radius 2 is 2.00 bits per heavy atom. The fraction of sp³-hybridized carbons (Fsp3) is 0.571. The number of rotatable bonds is 5. The molecule has 1 aromatic rings. The molecule has 0 saturated heterocycles. The minimum atomic E-state index is -0.662. The van der Waals surface area contributed by atoms with Crippen molar-refractivity contribution in [3.05, 3.63) is 34.9 Å². The molecule has 18 heavy (non-hydrogen) atoms. The molecule has 2 nitrogen and oxygen atoms in total. The summed E-state index contributed by atoms with van der Waals surface area (Å²) in [7, 11) is 3.23. The summed E-state index contributed by atoms with van der Waals surface area (Å²) in [5.74, 6) is -1.06. The Hall–Kier alpha value is -1.00. The number of likely N-dealkylation sites (N-methyl/N-ethyl adjacent to an activating group) is 1. The molecule has 0 amide bonds. The first-order valence-electron chi connectivity index (χ1n) is 6.08. The van der Waals surface area contributed by atoms with E-state index >= 15 is 0 Å². The number of methoxy groups -OCH3 is 1. The zero-order chi connectivity index (χ0) is 13.9. The minimum Gasteiger partial charge on any atom is -0.377 e. The van der Waals surface area contributed by atoms with Crippen LogP contribution < -0.4 is 5.32 Å². The lowest BCUT2D eigenvalue weighted by Gasteiger charge is -2.36. The van der Waals surface area contributed by atoms with Crippen LogP contribution >= 0.6 is 0 Å². The molecule has 1 aromatic carbocycles. The van der Waals surface area contributed by atoms with Crippen molar-refractivity contribution in [2.45, 2.75) is 38.8 Å². The molecule has 2 atom stereocenters. The van der Waals surface area contributed by atoms with Crippen molar-refractivity contribution in [3.8, 4) is 0 Å². The molecule has 0 aromatic heterocycles. The van der Waals surface area contributed by atoms with Crippen molar-refractivity contribution >= 4 is 0 Å². The SMILES string of the molecule is CCC(C)(OC)C(NC)c1c(F)ccc(C)c1F. The van der Waals surface area contributed by atoms with E-state index in [1.807, 2.05) is 13.8 Å². The molecule has 102 valence electrons. The van der Waals surface area contributed by atoms with E-state index in [4.69, 9.17) is 4.74 Å². The zero-order valence-electron chi connectivity index (χ0n) is 11.6. The number of benzene rings is 1. The molecule has 0 aliphatic heterocycles. The van der Waals surface area contributed by atoms with E-state index in [-0.39, 0.29) is 5.56 Å². The van der Waals surface area contributed by atoms with Crippen molar-refractivity contribution in [1.29, 1.82) is 0 Å². The van der Waals surface area contributed by atoms with Gasteiger partial charge >= 0.3 is 0 Å². The van der Waals surface area contributed by atoms with Gasteiger partial charge < -0.3 is 10.1 Å². The monoisotopic (exact) mass is 257 g/mol. The van der Waals surface area contributed by atoms with Crippen LogP contribution in [0.25, 0.3) is 0 Å². The number of halogens is 2. The Morgan fingerprint density at radius 3 is 2.44 bits per heavy atom. The first-order chi connectivity index (χ1) is 8.41. The van der Waals surface area contributed by atoms with Gasteiger partial charge in [-0.3, -0.25) is 0 Å². The smallest absolute Gasteiger partial charge is 0.133 e. The van der Waals surface area contributed by atoms with Gasteiger partial charge in [-0.05, 0) is 38.9 Å². The molecule has 0 bridgehead atoms. The highest BCUT2D eigenvalue weighted by molar-refractivity contribution is 5.31. The largest absolute Gasteiger partial charge is 0.377 e. The highest BCUT2D eigenvalue weighted by Crippen LogP contribution is 2.34. The average Bonchev–Trinajstić information content (AvgIpc) is 2.38. The maximum Gasteiger partial charge on any atom is 0.133 e. The highest BCUT2D eigenvalue weighted by Gasteiger charge is 2.36. The van der Waals surface area contributed by atoms with Crippen molar-refractivity contribution in [2.75, 3.05) is 14.2 Å². The van der Waals surface area contributed by atoms with E-state index in [0.717, 1.165) is 0 Å². The molecular formula is C14H21F2NO. The van der Waals surface area contributed by atoms with E-state index < -0.39 is 23.3 Å². The van der Waals surface area contributed by atoms with Crippen molar-refractivity contribution < 1.29 is 13.5 Å². The van der Waals surface area contributed by atoms with E-state index in [0.29, 0.717) is 12.0 Å². The second kappa shape index (κ2) is 5.76. The van der Waals surface area contributed by atoms with Crippen LogP contribution in [0.1, 0.15) is 37.4 Å². The van der Waals surface area contributed by atoms with Gasteiger partial charge in [0.2, 0.25) is 0 Å². The molecule has 1 rings (SSSR count). The zero-order valence-corrected chi connectivity index (χ0v) is 11.6. The summed E-state index contributed by atoms with van der Waals surface area (Å²) >= 11 is 0. The Balaban J connectivity index is 3.38. The van der Waals surface area contributed by atoms with Crippen LogP contribution in [0, 0.1) is 18.6 Å². The third-order valence-corrected chi connectivity index (χ3v) is 3.68. The Bertz CT molecular complexity index is 417. The van der Waals surface area contributed by atoms with Gasteiger partial charge in [0.15, 0.2) is 0 Å². The minimum absolute atomic E-state index is 0.0451. The van der Waals surface area contributed by atoms with Crippen LogP contribution in [0.15, 0.2) is 12.1 Å². The first-order valence-corrected chi connectivity index (χ1v) is 6.08. The first kappa shape index (κ1) is 15.1. The standard InChI is InChI=1S/C14H21F2NO/c1-6-14(3,18-5)13(17-4)11-10(15)8-7-9(2)12(11)16/h7-8,13,17H,6H2,1-5H3. The molecule has 1 N–H and O–H groups in total. The van der Waals surface area contributed by atoms with Gasteiger partial charge in [-0.15, -0.1) is 0 Å². The molecule has 0 spiro atoms. The van der Waals surface area contributed by atoms with E-state index in [9.17, 15) is 8.78 Å². The average molecular weight is 257 g/mol. The fourth-order valence-corrected chi connectivity index (χ4v) is 2.16. The van der Waals surface area contributed by atoms with Crippen LogP contribution in [-0.2, 0) is 4.74 Å². The summed E-state index contributed by atoms with van der Waals surface area (Å²) in [5, 5.41) is 2.96.